The number of nitrogens with zero attached hydrogens (tertiary/aromatic N) is 7. The second kappa shape index (κ2) is 12.3. The summed E-state index contributed by atoms with van der Waals surface area (Å²) in [6, 6.07) is 0. The average Bonchev–Trinajstić information content (AvgIpc) is 3.48. The van der Waals surface area contributed by atoms with Crippen molar-refractivity contribution in [2.45, 2.75) is 0 Å². The van der Waals surface area contributed by atoms with Gasteiger partial charge >= 0.3 is 0 Å². The van der Waals surface area contributed by atoms with Crippen LogP contribution in [0.5, 0.6) is 0 Å². The van der Waals surface area contributed by atoms with Crippen molar-refractivity contribution in [1.29, 1.82) is 0 Å². The molecule has 0 saturated carbocycles. The van der Waals surface area contributed by atoms with Crippen LogP contribution in [0.2, 0.25) is 0 Å². The van der Waals surface area contributed by atoms with E-state index in [4.69, 9.17) is 0 Å². The van der Waals surface area contributed by atoms with E-state index in [1.807, 2.05) is 51.3 Å². The second-order valence-corrected chi connectivity index (χ2v) is 7.84. The summed E-state index contributed by atoms with van der Waals surface area (Å²) in [4.78, 5) is 28.4. The maximum atomic E-state index is 4.47. The van der Waals surface area contributed by atoms with Crippen molar-refractivity contribution in [2.24, 2.45) is 15.0 Å². The van der Waals surface area contributed by atoms with Gasteiger partial charge in [-0.3, -0.25) is 19.9 Å². The van der Waals surface area contributed by atoms with E-state index < -0.39 is 0 Å². The van der Waals surface area contributed by atoms with Crippen molar-refractivity contribution in [3.8, 4) is 0 Å². The van der Waals surface area contributed by atoms with Gasteiger partial charge in [-0.05, 0) is 0 Å². The summed E-state index contributed by atoms with van der Waals surface area (Å²) in [5.74, 6) is 0. The quantitative estimate of drug-likeness (QED) is 0.413. The molecule has 0 fully saturated rings. The maximum Gasteiger partial charge on any atom is 0.0916 e. The Kier molecular flexibility index (Phi) is 9.08. The number of thiazole rings is 3. The van der Waals surface area contributed by atoms with Crippen molar-refractivity contribution >= 4 is 52.7 Å². The monoisotopic (exact) mass is 431 g/mol. The molecule has 3 aromatic rings. The molecule has 0 N–H and O–H groups in total. The molecule has 146 valence electrons. The Balaban J connectivity index is 1.44. The van der Waals surface area contributed by atoms with Crippen LogP contribution in [0.15, 0.2) is 47.6 Å². The first-order valence-corrected chi connectivity index (χ1v) is 11.6. The molecule has 0 aliphatic rings. The molecule has 0 atom stereocenters. The summed E-state index contributed by atoms with van der Waals surface area (Å²) in [7, 11) is 0. The lowest BCUT2D eigenvalue weighted by molar-refractivity contribution is 0.298. The van der Waals surface area contributed by atoms with E-state index in [2.05, 4.69) is 34.8 Å². The standard InChI is InChI=1S/C18H21N7S3/c1(19-7-16-10-26-13-22-16)4-25(5-2-20-8-17-11-27-14-23-17)6-3-21-9-18-12-28-15-24-18/h7-15H,1-6H2. The fourth-order valence-electron chi connectivity index (χ4n) is 2.26. The zero-order valence-corrected chi connectivity index (χ0v) is 17.7. The van der Waals surface area contributed by atoms with Crippen LogP contribution in [0.25, 0.3) is 0 Å². The van der Waals surface area contributed by atoms with Gasteiger partial charge in [-0.2, -0.15) is 0 Å². The summed E-state index contributed by atoms with van der Waals surface area (Å²) >= 11 is 4.73. The van der Waals surface area contributed by atoms with Gasteiger partial charge in [-0.25, -0.2) is 15.0 Å². The highest BCUT2D eigenvalue weighted by Crippen LogP contribution is 1.99. The molecular weight excluding hydrogens is 410 g/mol. The van der Waals surface area contributed by atoms with Crippen molar-refractivity contribution in [1.82, 2.24) is 19.9 Å². The molecule has 7 nitrogen and oxygen atoms in total. The molecule has 3 heterocycles. The van der Waals surface area contributed by atoms with Crippen LogP contribution in [-0.2, 0) is 0 Å². The third-order valence-electron chi connectivity index (χ3n) is 3.66. The number of aliphatic imine (C=N–C) groups is 3. The molecular formula is C18H21N7S3. The van der Waals surface area contributed by atoms with E-state index in [0.717, 1.165) is 56.4 Å². The molecule has 0 aliphatic carbocycles. The molecule has 28 heavy (non-hydrogen) atoms. The number of hydrogen-bond donors (Lipinski definition) is 0. The van der Waals surface area contributed by atoms with Crippen LogP contribution in [0.4, 0.5) is 0 Å². The van der Waals surface area contributed by atoms with Gasteiger partial charge in [0.25, 0.3) is 0 Å². The molecule has 0 radical (unpaired) electrons. The number of hydrogen-bond acceptors (Lipinski definition) is 10. The zero-order chi connectivity index (χ0) is 19.3. The lowest BCUT2D eigenvalue weighted by atomic mass is 10.4. The third-order valence-corrected chi connectivity index (χ3v) is 5.48. The smallest absolute Gasteiger partial charge is 0.0916 e. The normalized spacial score (nSPS) is 12.3. The predicted octanol–water partition coefficient (Wildman–Crippen LogP) is 3.02. The fraction of sp³-hybridized carbons (Fsp3) is 0.333. The molecule has 3 rings (SSSR count). The lowest BCUT2D eigenvalue weighted by Gasteiger charge is -2.19. The van der Waals surface area contributed by atoms with Crippen LogP contribution >= 0.6 is 34.0 Å². The van der Waals surface area contributed by atoms with Gasteiger partial charge in [0.1, 0.15) is 0 Å². The Morgan fingerprint density at radius 2 is 1.00 bits per heavy atom. The molecule has 0 saturated heterocycles. The van der Waals surface area contributed by atoms with Gasteiger partial charge in [0.05, 0.1) is 53.2 Å². The van der Waals surface area contributed by atoms with Gasteiger partial charge in [0, 0.05) is 54.4 Å². The van der Waals surface area contributed by atoms with Crippen molar-refractivity contribution in [2.75, 3.05) is 39.3 Å². The Labute approximate surface area is 176 Å². The summed E-state index contributed by atoms with van der Waals surface area (Å²) in [5.41, 5.74) is 8.18. The second-order valence-electron chi connectivity index (χ2n) is 5.69. The van der Waals surface area contributed by atoms with Gasteiger partial charge in [0.15, 0.2) is 0 Å². The number of rotatable bonds is 12. The molecule has 0 aliphatic heterocycles. The first-order chi connectivity index (χ1) is 13.9. The fourth-order valence-corrected chi connectivity index (χ4v) is 3.78. The predicted molar refractivity (Wildman–Crippen MR) is 120 cm³/mol. The molecule has 0 unspecified atom stereocenters. The van der Waals surface area contributed by atoms with Gasteiger partial charge in [-0.15, -0.1) is 34.0 Å². The Morgan fingerprint density at radius 3 is 1.29 bits per heavy atom. The van der Waals surface area contributed by atoms with Crippen LogP contribution in [0.3, 0.4) is 0 Å². The van der Waals surface area contributed by atoms with Crippen LogP contribution in [0.1, 0.15) is 17.1 Å². The lowest BCUT2D eigenvalue weighted by Crippen LogP contribution is -2.31. The third kappa shape index (κ3) is 7.85. The summed E-state index contributed by atoms with van der Waals surface area (Å²) in [6.07, 6.45) is 5.49. The summed E-state index contributed by atoms with van der Waals surface area (Å²) < 4.78 is 0. The molecule has 0 spiro atoms. The molecule has 3 aromatic heterocycles. The van der Waals surface area contributed by atoms with Crippen molar-refractivity contribution in [3.63, 3.8) is 0 Å². The molecule has 0 amide bonds. The molecule has 0 aromatic carbocycles. The van der Waals surface area contributed by atoms with E-state index in [1.54, 1.807) is 34.0 Å². The first kappa shape index (κ1) is 20.6. The minimum absolute atomic E-state index is 0.725. The van der Waals surface area contributed by atoms with Crippen LogP contribution in [-0.4, -0.2) is 77.8 Å². The zero-order valence-electron chi connectivity index (χ0n) is 15.3. The van der Waals surface area contributed by atoms with E-state index in [-0.39, 0.29) is 0 Å². The number of aromatic nitrogens is 3. The van der Waals surface area contributed by atoms with E-state index in [9.17, 15) is 0 Å². The Hall–Kier alpha value is -2.14. The maximum absolute atomic E-state index is 4.47. The SMILES string of the molecule is C(=NCCN(CCN=Cc1cscn1)CCN=Cc1cscn1)c1cscn1. The molecule has 10 heteroatoms. The Morgan fingerprint density at radius 1 is 0.643 bits per heavy atom. The van der Waals surface area contributed by atoms with Crippen LogP contribution in [0, 0.1) is 0 Å². The van der Waals surface area contributed by atoms with E-state index in [0.29, 0.717) is 0 Å². The van der Waals surface area contributed by atoms with Crippen LogP contribution < -0.4 is 0 Å². The van der Waals surface area contributed by atoms with Crippen molar-refractivity contribution in [3.05, 3.63) is 49.8 Å². The minimum Gasteiger partial charge on any atom is -0.298 e. The minimum atomic E-state index is 0.725. The average molecular weight is 432 g/mol. The Bertz CT molecular complexity index is 725. The topological polar surface area (TPSA) is 79.0 Å². The largest absolute Gasteiger partial charge is 0.298 e. The van der Waals surface area contributed by atoms with Gasteiger partial charge < -0.3 is 0 Å². The van der Waals surface area contributed by atoms with Gasteiger partial charge in [-0.1, -0.05) is 0 Å². The summed E-state index contributed by atoms with van der Waals surface area (Å²) in [5, 5.41) is 5.96. The van der Waals surface area contributed by atoms with Gasteiger partial charge in [0.2, 0.25) is 0 Å². The highest BCUT2D eigenvalue weighted by atomic mass is 32.1. The highest BCUT2D eigenvalue weighted by molar-refractivity contribution is 7.08. The van der Waals surface area contributed by atoms with E-state index in [1.165, 1.54) is 0 Å². The van der Waals surface area contributed by atoms with Crippen molar-refractivity contribution < 1.29 is 0 Å². The first-order valence-electron chi connectivity index (χ1n) is 8.76. The highest BCUT2D eigenvalue weighted by Gasteiger charge is 2.03. The van der Waals surface area contributed by atoms with E-state index >= 15 is 0 Å². The molecule has 0 bridgehead atoms. The summed E-state index contributed by atoms with van der Waals surface area (Å²) in [6.45, 7) is 4.76.